The molecular formula is C17H22N2O3S. The third kappa shape index (κ3) is 3.83. The highest BCUT2D eigenvalue weighted by Crippen LogP contribution is 2.21. The first-order valence-electron chi connectivity index (χ1n) is 7.88. The molecule has 1 aliphatic heterocycles. The average molecular weight is 334 g/mol. The molecule has 0 saturated carbocycles. The molecule has 1 fully saturated rings. The number of hydrogen-bond donors (Lipinski definition) is 1. The van der Waals surface area contributed by atoms with Crippen LogP contribution in [0.4, 0.5) is 0 Å². The summed E-state index contributed by atoms with van der Waals surface area (Å²) in [5.74, 6) is 0.903. The smallest absolute Gasteiger partial charge is 0.243 e. The lowest BCUT2D eigenvalue weighted by Gasteiger charge is -2.31. The van der Waals surface area contributed by atoms with E-state index in [1.54, 1.807) is 22.7 Å². The maximum absolute atomic E-state index is 12.6. The Balaban J connectivity index is 1.56. The number of sulfonamides is 1. The molecule has 0 amide bonds. The van der Waals surface area contributed by atoms with E-state index < -0.39 is 10.0 Å². The third-order valence-electron chi connectivity index (χ3n) is 4.26. The van der Waals surface area contributed by atoms with Gasteiger partial charge < -0.3 is 9.73 Å². The van der Waals surface area contributed by atoms with Crippen LogP contribution in [0.5, 0.6) is 0 Å². The minimum absolute atomic E-state index is 0.324. The Morgan fingerprint density at radius 2 is 1.87 bits per heavy atom. The monoisotopic (exact) mass is 334 g/mol. The summed E-state index contributed by atoms with van der Waals surface area (Å²) in [5.41, 5.74) is 1.06. The van der Waals surface area contributed by atoms with Crippen LogP contribution in [0.3, 0.4) is 0 Å². The maximum Gasteiger partial charge on any atom is 0.243 e. The summed E-state index contributed by atoms with van der Waals surface area (Å²) in [5, 5.41) is 3.43. The van der Waals surface area contributed by atoms with Crippen molar-refractivity contribution in [1.29, 1.82) is 0 Å². The summed E-state index contributed by atoms with van der Waals surface area (Å²) in [6.45, 7) is 3.73. The molecule has 0 spiro atoms. The molecule has 1 aliphatic rings. The van der Waals surface area contributed by atoms with Crippen LogP contribution >= 0.6 is 0 Å². The van der Waals surface area contributed by atoms with Gasteiger partial charge in [0.05, 0.1) is 17.7 Å². The summed E-state index contributed by atoms with van der Waals surface area (Å²) < 4.78 is 32.2. The van der Waals surface area contributed by atoms with Crippen LogP contribution in [0.2, 0.25) is 0 Å². The van der Waals surface area contributed by atoms with Gasteiger partial charge in [-0.25, -0.2) is 8.42 Å². The minimum atomic E-state index is -3.37. The van der Waals surface area contributed by atoms with Crippen molar-refractivity contribution in [2.45, 2.75) is 37.2 Å². The average Bonchev–Trinajstić information content (AvgIpc) is 3.07. The summed E-state index contributed by atoms with van der Waals surface area (Å²) >= 11 is 0. The molecule has 0 atom stereocenters. The standard InChI is InChI=1S/C17H22N2O3S/c1-14-4-6-17(7-5-14)23(20,21)19-10-8-15(9-11-19)18-13-16-3-2-12-22-16/h2-7,12,15,18H,8-11,13H2,1H3. The molecule has 0 radical (unpaired) electrons. The van der Waals surface area contributed by atoms with Crippen LogP contribution in [0.1, 0.15) is 24.2 Å². The number of nitrogens with zero attached hydrogens (tertiary/aromatic N) is 1. The van der Waals surface area contributed by atoms with Crippen molar-refractivity contribution in [3.63, 3.8) is 0 Å². The fourth-order valence-electron chi connectivity index (χ4n) is 2.82. The molecule has 23 heavy (non-hydrogen) atoms. The third-order valence-corrected chi connectivity index (χ3v) is 6.17. The second kappa shape index (κ2) is 6.86. The molecule has 0 bridgehead atoms. The lowest BCUT2D eigenvalue weighted by molar-refractivity contribution is 0.283. The van der Waals surface area contributed by atoms with Crippen LogP contribution in [0, 0.1) is 6.92 Å². The quantitative estimate of drug-likeness (QED) is 0.913. The van der Waals surface area contributed by atoms with Crippen molar-refractivity contribution in [1.82, 2.24) is 9.62 Å². The maximum atomic E-state index is 12.6. The highest BCUT2D eigenvalue weighted by molar-refractivity contribution is 7.89. The summed E-state index contributed by atoms with van der Waals surface area (Å²) in [6.07, 6.45) is 3.28. The van der Waals surface area contributed by atoms with Gasteiger partial charge in [0.25, 0.3) is 0 Å². The first-order valence-corrected chi connectivity index (χ1v) is 9.32. The number of hydrogen-bond acceptors (Lipinski definition) is 4. The Morgan fingerprint density at radius 1 is 1.17 bits per heavy atom. The van der Waals surface area contributed by atoms with E-state index in [0.29, 0.717) is 30.6 Å². The summed E-state index contributed by atoms with van der Waals surface area (Å²) in [4.78, 5) is 0.380. The number of furan rings is 1. The zero-order chi connectivity index (χ0) is 16.3. The molecule has 6 heteroatoms. The highest BCUT2D eigenvalue weighted by Gasteiger charge is 2.29. The van der Waals surface area contributed by atoms with Gasteiger partial charge in [0.15, 0.2) is 0 Å². The molecular weight excluding hydrogens is 312 g/mol. The molecule has 2 aromatic rings. The number of nitrogens with one attached hydrogen (secondary N) is 1. The molecule has 1 N–H and O–H groups in total. The molecule has 1 aromatic carbocycles. The van der Waals surface area contributed by atoms with Crippen molar-refractivity contribution in [3.8, 4) is 0 Å². The zero-order valence-corrected chi connectivity index (χ0v) is 14.1. The molecule has 5 nitrogen and oxygen atoms in total. The van der Waals surface area contributed by atoms with E-state index in [0.717, 1.165) is 24.2 Å². The van der Waals surface area contributed by atoms with E-state index >= 15 is 0 Å². The first-order chi connectivity index (χ1) is 11.1. The van der Waals surface area contributed by atoms with Crippen LogP contribution < -0.4 is 5.32 Å². The predicted molar refractivity (Wildman–Crippen MR) is 88.5 cm³/mol. The molecule has 0 unspecified atom stereocenters. The summed E-state index contributed by atoms with van der Waals surface area (Å²) in [7, 11) is -3.37. The van der Waals surface area contributed by atoms with Crippen molar-refractivity contribution in [3.05, 3.63) is 54.0 Å². The van der Waals surface area contributed by atoms with Crippen molar-refractivity contribution >= 4 is 10.0 Å². The summed E-state index contributed by atoms with van der Waals surface area (Å²) in [6, 6.07) is 11.2. The van der Waals surface area contributed by atoms with Crippen molar-refractivity contribution in [2.24, 2.45) is 0 Å². The van der Waals surface area contributed by atoms with Gasteiger partial charge in [-0.1, -0.05) is 17.7 Å². The zero-order valence-electron chi connectivity index (χ0n) is 13.2. The lowest BCUT2D eigenvalue weighted by Crippen LogP contribution is -2.44. The van der Waals surface area contributed by atoms with E-state index in [9.17, 15) is 8.42 Å². The van der Waals surface area contributed by atoms with Crippen LogP contribution in [0.15, 0.2) is 52.0 Å². The SMILES string of the molecule is Cc1ccc(S(=O)(=O)N2CCC(NCc3ccco3)CC2)cc1. The lowest BCUT2D eigenvalue weighted by atomic mass is 10.1. The van der Waals surface area contributed by atoms with Crippen molar-refractivity contribution < 1.29 is 12.8 Å². The van der Waals surface area contributed by atoms with Gasteiger partial charge in [-0.3, -0.25) is 0 Å². The van der Waals surface area contributed by atoms with Gasteiger partial charge in [0.1, 0.15) is 5.76 Å². The topological polar surface area (TPSA) is 62.6 Å². The van der Waals surface area contributed by atoms with Gasteiger partial charge in [-0.2, -0.15) is 4.31 Å². The van der Waals surface area contributed by atoms with Gasteiger partial charge in [-0.15, -0.1) is 0 Å². The van der Waals surface area contributed by atoms with E-state index in [4.69, 9.17) is 4.42 Å². The van der Waals surface area contributed by atoms with E-state index in [1.165, 1.54) is 0 Å². The van der Waals surface area contributed by atoms with Gasteiger partial charge >= 0.3 is 0 Å². The first kappa shape index (κ1) is 16.2. The molecule has 3 rings (SSSR count). The molecule has 1 saturated heterocycles. The fraction of sp³-hybridized carbons (Fsp3) is 0.412. The second-order valence-corrected chi connectivity index (χ2v) is 7.89. The molecule has 124 valence electrons. The second-order valence-electron chi connectivity index (χ2n) is 5.95. The number of benzene rings is 1. The normalized spacial score (nSPS) is 17.4. The Kier molecular flexibility index (Phi) is 4.84. The van der Waals surface area contributed by atoms with Gasteiger partial charge in [0, 0.05) is 19.1 Å². The molecule has 1 aromatic heterocycles. The Bertz CT molecular complexity index is 716. The number of aryl methyl sites for hydroxylation is 1. The predicted octanol–water partition coefficient (Wildman–Crippen LogP) is 2.53. The van der Waals surface area contributed by atoms with Crippen LogP contribution in [0.25, 0.3) is 0 Å². The van der Waals surface area contributed by atoms with Gasteiger partial charge in [-0.05, 0) is 44.0 Å². The van der Waals surface area contributed by atoms with Crippen LogP contribution in [-0.2, 0) is 16.6 Å². The Morgan fingerprint density at radius 3 is 2.48 bits per heavy atom. The Hall–Kier alpha value is -1.63. The van der Waals surface area contributed by atoms with E-state index in [2.05, 4.69) is 5.32 Å². The highest BCUT2D eigenvalue weighted by atomic mass is 32.2. The van der Waals surface area contributed by atoms with E-state index in [-0.39, 0.29) is 0 Å². The van der Waals surface area contributed by atoms with Crippen molar-refractivity contribution in [2.75, 3.05) is 13.1 Å². The van der Waals surface area contributed by atoms with Gasteiger partial charge in [0.2, 0.25) is 10.0 Å². The number of rotatable bonds is 5. The van der Waals surface area contributed by atoms with Crippen LogP contribution in [-0.4, -0.2) is 31.9 Å². The molecule has 0 aliphatic carbocycles. The van der Waals surface area contributed by atoms with E-state index in [1.807, 2.05) is 31.2 Å². The fourth-order valence-corrected chi connectivity index (χ4v) is 4.29. The largest absolute Gasteiger partial charge is 0.468 e. The number of piperidine rings is 1. The minimum Gasteiger partial charge on any atom is -0.468 e. The Labute approximate surface area is 137 Å². The molecule has 2 heterocycles.